The molecule has 0 atom stereocenters. The lowest BCUT2D eigenvalue weighted by molar-refractivity contribution is -0.114. The van der Waals surface area contributed by atoms with Crippen molar-refractivity contribution in [3.63, 3.8) is 0 Å². The van der Waals surface area contributed by atoms with Gasteiger partial charge >= 0.3 is 0 Å². The van der Waals surface area contributed by atoms with Crippen molar-refractivity contribution in [2.75, 3.05) is 11.1 Å². The van der Waals surface area contributed by atoms with E-state index in [4.69, 9.17) is 11.6 Å². The number of thioether (sulfide) groups is 1. The van der Waals surface area contributed by atoms with Crippen LogP contribution in [0.4, 0.5) is 5.69 Å². The van der Waals surface area contributed by atoms with Gasteiger partial charge in [0.1, 0.15) is 5.69 Å². The summed E-state index contributed by atoms with van der Waals surface area (Å²) >= 11 is 7.21. The van der Waals surface area contributed by atoms with E-state index in [0.717, 1.165) is 12.2 Å². The molecule has 0 spiro atoms. The Bertz CT molecular complexity index is 447. The Hall–Kier alpha value is -1.01. The number of nitrogens with zero attached hydrogens (tertiary/aromatic N) is 1. The topological polar surface area (TPSA) is 74.8 Å². The predicted molar refractivity (Wildman–Crippen MR) is 65.2 cm³/mol. The lowest BCUT2D eigenvalue weighted by atomic mass is 10.5. The van der Waals surface area contributed by atoms with Gasteiger partial charge in [-0.15, -0.1) is 0 Å². The monoisotopic (exact) mass is 261 g/mol. The van der Waals surface area contributed by atoms with Crippen molar-refractivity contribution in [1.82, 2.24) is 9.97 Å². The number of aromatic amines is 1. The molecule has 0 aliphatic heterocycles. The molecular formula is C9H12ClN3O2S. The van der Waals surface area contributed by atoms with Gasteiger partial charge in [0, 0.05) is 12.7 Å². The number of amides is 1. The molecule has 1 aromatic rings. The van der Waals surface area contributed by atoms with E-state index >= 15 is 0 Å². The summed E-state index contributed by atoms with van der Waals surface area (Å²) in [7, 11) is 0. The molecule has 88 valence electrons. The first-order chi connectivity index (χ1) is 7.54. The van der Waals surface area contributed by atoms with E-state index in [-0.39, 0.29) is 16.7 Å². The van der Waals surface area contributed by atoms with Crippen molar-refractivity contribution in [1.29, 1.82) is 0 Å². The van der Waals surface area contributed by atoms with Crippen molar-refractivity contribution in [2.24, 2.45) is 0 Å². The molecule has 0 aliphatic carbocycles. The third-order valence-corrected chi connectivity index (χ3v) is 2.95. The van der Waals surface area contributed by atoms with Gasteiger partial charge in [-0.2, -0.15) is 0 Å². The Morgan fingerprint density at radius 3 is 2.81 bits per heavy atom. The van der Waals surface area contributed by atoms with Crippen LogP contribution in [0.15, 0.2) is 9.95 Å². The smallest absolute Gasteiger partial charge is 0.276 e. The third-order valence-electron chi connectivity index (χ3n) is 1.60. The van der Waals surface area contributed by atoms with Gasteiger partial charge in [0.15, 0.2) is 10.3 Å². The van der Waals surface area contributed by atoms with Crippen molar-refractivity contribution < 1.29 is 4.79 Å². The highest BCUT2D eigenvalue weighted by atomic mass is 35.5. The molecule has 0 saturated carbocycles. The fraction of sp³-hybridized carbons (Fsp3) is 0.444. The number of anilines is 1. The summed E-state index contributed by atoms with van der Waals surface area (Å²) in [5, 5.41) is 2.81. The van der Waals surface area contributed by atoms with Gasteiger partial charge in [0.05, 0.1) is 0 Å². The first kappa shape index (κ1) is 13.1. The van der Waals surface area contributed by atoms with E-state index in [1.165, 1.54) is 18.7 Å². The second-order valence-corrected chi connectivity index (χ2v) is 4.51. The van der Waals surface area contributed by atoms with E-state index < -0.39 is 5.56 Å². The van der Waals surface area contributed by atoms with Crippen LogP contribution in [0, 0.1) is 0 Å². The number of H-pyrrole nitrogens is 1. The number of carbonyl (C=O) groups excluding carboxylic acids is 1. The molecule has 0 fully saturated rings. The second kappa shape index (κ2) is 5.91. The Balaban J connectivity index is 2.98. The zero-order valence-electron chi connectivity index (χ0n) is 8.96. The highest BCUT2D eigenvalue weighted by Crippen LogP contribution is 2.19. The van der Waals surface area contributed by atoms with Crippen LogP contribution >= 0.6 is 23.4 Å². The average molecular weight is 262 g/mol. The Kier molecular flexibility index (Phi) is 4.82. The molecule has 16 heavy (non-hydrogen) atoms. The van der Waals surface area contributed by atoms with Crippen LogP contribution < -0.4 is 10.9 Å². The van der Waals surface area contributed by atoms with Crippen molar-refractivity contribution >= 4 is 35.0 Å². The minimum absolute atomic E-state index is 0.00462. The molecule has 0 bridgehead atoms. The fourth-order valence-corrected chi connectivity index (χ4v) is 1.96. The van der Waals surface area contributed by atoms with Crippen molar-refractivity contribution in [2.45, 2.75) is 25.4 Å². The van der Waals surface area contributed by atoms with Gasteiger partial charge in [0.2, 0.25) is 5.91 Å². The Labute approximate surface area is 102 Å². The lowest BCUT2D eigenvalue weighted by Gasteiger charge is -2.05. The summed E-state index contributed by atoms with van der Waals surface area (Å²) in [6.45, 7) is 3.33. The molecule has 0 unspecified atom stereocenters. The number of nitrogens with one attached hydrogen (secondary N) is 2. The molecule has 1 heterocycles. The minimum atomic E-state index is -0.436. The van der Waals surface area contributed by atoms with Gasteiger partial charge in [-0.25, -0.2) is 4.98 Å². The maximum Gasteiger partial charge on any atom is 0.276 e. The van der Waals surface area contributed by atoms with Crippen molar-refractivity contribution in [3.8, 4) is 0 Å². The summed E-state index contributed by atoms with van der Waals surface area (Å²) in [6, 6.07) is 0. The van der Waals surface area contributed by atoms with Crippen LogP contribution in [0.5, 0.6) is 0 Å². The minimum Gasteiger partial charge on any atom is -0.319 e. The third kappa shape index (κ3) is 3.53. The maximum absolute atomic E-state index is 11.6. The van der Waals surface area contributed by atoms with Gasteiger partial charge in [0.25, 0.3) is 5.56 Å². The first-order valence-corrected chi connectivity index (χ1v) is 6.11. The van der Waals surface area contributed by atoms with Gasteiger partial charge in [-0.05, 0) is 6.42 Å². The first-order valence-electron chi connectivity index (χ1n) is 4.74. The number of rotatable bonds is 4. The summed E-state index contributed by atoms with van der Waals surface area (Å²) in [5.74, 6) is 0.488. The second-order valence-electron chi connectivity index (χ2n) is 3.07. The standard InChI is InChI=1S/C9H12ClN3O2S/c1-3-4-16-9-12-7(10)6(8(15)13-9)11-5(2)14/h3-4H2,1-2H3,(H,11,14)(H,12,13,15). The zero-order valence-corrected chi connectivity index (χ0v) is 10.5. The van der Waals surface area contributed by atoms with Crippen LogP contribution in [-0.2, 0) is 4.79 Å². The van der Waals surface area contributed by atoms with E-state index in [1.54, 1.807) is 0 Å². The highest BCUT2D eigenvalue weighted by molar-refractivity contribution is 7.99. The predicted octanol–water partition coefficient (Wildman–Crippen LogP) is 1.88. The molecule has 1 amide bonds. The molecule has 0 aromatic carbocycles. The Morgan fingerprint density at radius 1 is 1.62 bits per heavy atom. The molecule has 2 N–H and O–H groups in total. The van der Waals surface area contributed by atoms with Gasteiger partial charge in [-0.1, -0.05) is 30.3 Å². The van der Waals surface area contributed by atoms with Gasteiger partial charge in [-0.3, -0.25) is 14.6 Å². The molecule has 1 rings (SSSR count). The van der Waals surface area contributed by atoms with Gasteiger partial charge < -0.3 is 5.32 Å². The molecule has 1 aromatic heterocycles. The SMILES string of the molecule is CCCSc1nc(Cl)c(NC(C)=O)c(=O)[nH]1. The van der Waals surface area contributed by atoms with Crippen LogP contribution in [0.25, 0.3) is 0 Å². The molecular weight excluding hydrogens is 250 g/mol. The van der Waals surface area contributed by atoms with Crippen molar-refractivity contribution in [3.05, 3.63) is 15.5 Å². The number of aromatic nitrogens is 2. The van der Waals surface area contributed by atoms with E-state index in [0.29, 0.717) is 5.16 Å². The molecule has 0 radical (unpaired) electrons. The van der Waals surface area contributed by atoms with E-state index in [2.05, 4.69) is 15.3 Å². The molecule has 5 nitrogen and oxygen atoms in total. The average Bonchev–Trinajstić information content (AvgIpc) is 2.20. The molecule has 0 aliphatic rings. The summed E-state index contributed by atoms with van der Waals surface area (Å²) < 4.78 is 0. The quantitative estimate of drug-likeness (QED) is 0.493. The largest absolute Gasteiger partial charge is 0.319 e. The summed E-state index contributed by atoms with van der Waals surface area (Å²) in [5.41, 5.74) is -0.441. The van der Waals surface area contributed by atoms with Crippen LogP contribution in [-0.4, -0.2) is 21.6 Å². The fourth-order valence-electron chi connectivity index (χ4n) is 0.978. The zero-order chi connectivity index (χ0) is 12.1. The van der Waals surface area contributed by atoms with Crippen LogP contribution in [0.3, 0.4) is 0 Å². The summed E-state index contributed by atoms with van der Waals surface area (Å²) in [4.78, 5) is 28.9. The Morgan fingerprint density at radius 2 is 2.31 bits per heavy atom. The van der Waals surface area contributed by atoms with Crippen LogP contribution in [0.2, 0.25) is 5.15 Å². The number of halogens is 1. The van der Waals surface area contributed by atoms with E-state index in [1.807, 2.05) is 6.92 Å². The normalized spacial score (nSPS) is 10.2. The molecule has 7 heteroatoms. The summed E-state index contributed by atoms with van der Waals surface area (Å²) in [6.07, 6.45) is 0.972. The lowest BCUT2D eigenvalue weighted by Crippen LogP contribution is -2.19. The molecule has 0 saturated heterocycles. The number of carbonyl (C=O) groups is 1. The highest BCUT2D eigenvalue weighted by Gasteiger charge is 2.10. The number of hydrogen-bond acceptors (Lipinski definition) is 4. The van der Waals surface area contributed by atoms with Crippen LogP contribution in [0.1, 0.15) is 20.3 Å². The maximum atomic E-state index is 11.6. The van der Waals surface area contributed by atoms with E-state index in [9.17, 15) is 9.59 Å². The number of hydrogen-bond donors (Lipinski definition) is 2.